The maximum Gasteiger partial charge on any atom is 0.234 e. The van der Waals surface area contributed by atoms with Crippen LogP contribution in [0.4, 0.5) is 8.78 Å². The predicted octanol–water partition coefficient (Wildman–Crippen LogP) is 5.49. The topological polar surface area (TPSA) is 73.1 Å². The molecule has 0 aliphatic carbocycles. The van der Waals surface area contributed by atoms with Gasteiger partial charge in [0, 0.05) is 22.8 Å². The molecule has 11 heteroatoms. The monoisotopic (exact) mass is 601 g/mol. The highest BCUT2D eigenvalue weighted by atomic mass is 79.9. The van der Waals surface area contributed by atoms with Gasteiger partial charge in [0.1, 0.15) is 16.6 Å². The fourth-order valence-corrected chi connectivity index (χ4v) is 5.75. The molecule has 0 N–H and O–H groups in total. The number of carbonyl (C=O) groups excluding carboxylic acids is 1. The van der Waals surface area contributed by atoms with E-state index in [1.807, 2.05) is 31.3 Å². The summed E-state index contributed by atoms with van der Waals surface area (Å²) in [5, 5.41) is 10.5. The highest BCUT2D eigenvalue weighted by Crippen LogP contribution is 2.34. The maximum absolute atomic E-state index is 14.3. The van der Waals surface area contributed by atoms with Crippen LogP contribution in [0.15, 0.2) is 52.4 Å². The predicted molar refractivity (Wildman–Crippen MR) is 144 cm³/mol. The lowest BCUT2D eigenvalue weighted by Gasteiger charge is -2.39. The van der Waals surface area contributed by atoms with Crippen LogP contribution in [0.3, 0.4) is 0 Å². The van der Waals surface area contributed by atoms with E-state index in [2.05, 4.69) is 31.2 Å². The molecule has 3 heterocycles. The first kappa shape index (κ1) is 26.6. The molecule has 5 rings (SSSR count). The number of rotatable bonds is 6. The lowest BCUT2D eigenvalue weighted by atomic mass is 9.87. The number of amides is 1. The average Bonchev–Trinajstić information content (AvgIpc) is 3.56. The number of aromatic nitrogens is 4. The zero-order valence-electron chi connectivity index (χ0n) is 21.1. The number of nitrogens with zero attached hydrogens (tertiary/aromatic N) is 5. The van der Waals surface area contributed by atoms with E-state index in [1.54, 1.807) is 28.8 Å². The number of ether oxygens (including phenoxy) is 1. The smallest absolute Gasteiger partial charge is 0.234 e. The molecule has 2 aromatic carbocycles. The Morgan fingerprint density at radius 2 is 2.00 bits per heavy atom. The fourth-order valence-electron chi connectivity index (χ4n) is 4.47. The van der Waals surface area contributed by atoms with Crippen LogP contribution in [-0.2, 0) is 21.4 Å². The molecule has 2 aromatic heterocycles. The summed E-state index contributed by atoms with van der Waals surface area (Å²) >= 11 is 4.63. The molecular weight excluding hydrogens is 576 g/mol. The van der Waals surface area contributed by atoms with Gasteiger partial charge in [0.05, 0.1) is 53.5 Å². The van der Waals surface area contributed by atoms with E-state index in [4.69, 9.17) is 4.74 Å². The summed E-state index contributed by atoms with van der Waals surface area (Å²) in [6.07, 6.45) is 2.33. The second-order valence-electron chi connectivity index (χ2n) is 9.78. The number of halogens is 3. The van der Waals surface area contributed by atoms with Crippen LogP contribution in [0, 0.1) is 18.6 Å². The minimum atomic E-state index is -1.02. The molecule has 38 heavy (non-hydrogen) atoms. The van der Waals surface area contributed by atoms with E-state index >= 15 is 0 Å². The summed E-state index contributed by atoms with van der Waals surface area (Å²) < 4.78 is 37.1. The van der Waals surface area contributed by atoms with E-state index in [0.717, 1.165) is 32.8 Å². The molecular formula is C27H26BrF2N5O2S. The highest BCUT2D eigenvalue weighted by Gasteiger charge is 2.40. The van der Waals surface area contributed by atoms with E-state index < -0.39 is 17.0 Å². The number of thiazole rings is 1. The van der Waals surface area contributed by atoms with Gasteiger partial charge in [-0.2, -0.15) is 0 Å². The van der Waals surface area contributed by atoms with Crippen molar-refractivity contribution in [3.8, 4) is 16.3 Å². The van der Waals surface area contributed by atoms with Gasteiger partial charge in [-0.25, -0.2) is 18.4 Å². The first-order valence-electron chi connectivity index (χ1n) is 12.1. The summed E-state index contributed by atoms with van der Waals surface area (Å²) in [6.45, 7) is 6.79. The van der Waals surface area contributed by atoms with E-state index in [-0.39, 0.29) is 22.5 Å². The minimum Gasteiger partial charge on any atom is -0.377 e. The van der Waals surface area contributed by atoms with Crippen LogP contribution in [0.1, 0.15) is 30.8 Å². The minimum absolute atomic E-state index is 0.132. The normalized spacial score (nSPS) is 16.2. The molecule has 0 spiro atoms. The van der Waals surface area contributed by atoms with Crippen molar-refractivity contribution in [3.05, 3.63) is 81.0 Å². The third kappa shape index (κ3) is 5.14. The number of aryl methyl sites for hydroxylation is 1. The summed E-state index contributed by atoms with van der Waals surface area (Å²) in [6, 6.07) is 9.40. The second-order valence-corrected chi connectivity index (χ2v) is 11.5. The molecule has 1 fully saturated rings. The Labute approximate surface area is 231 Å². The van der Waals surface area contributed by atoms with Crippen LogP contribution < -0.4 is 0 Å². The van der Waals surface area contributed by atoms with E-state index in [0.29, 0.717) is 31.9 Å². The van der Waals surface area contributed by atoms with Crippen LogP contribution in [0.25, 0.3) is 16.3 Å². The van der Waals surface area contributed by atoms with Crippen LogP contribution >= 0.6 is 27.3 Å². The van der Waals surface area contributed by atoms with Gasteiger partial charge in [0.15, 0.2) is 0 Å². The number of morpholine rings is 1. The van der Waals surface area contributed by atoms with Gasteiger partial charge in [-0.3, -0.25) is 4.79 Å². The van der Waals surface area contributed by atoms with Crippen LogP contribution in [0.2, 0.25) is 0 Å². The van der Waals surface area contributed by atoms with Gasteiger partial charge >= 0.3 is 0 Å². The van der Waals surface area contributed by atoms with Crippen molar-refractivity contribution in [3.63, 3.8) is 0 Å². The number of hydrogen-bond donors (Lipinski definition) is 0. The lowest BCUT2D eigenvalue weighted by Crippen LogP contribution is -2.54. The van der Waals surface area contributed by atoms with Gasteiger partial charge in [-0.1, -0.05) is 27.2 Å². The molecule has 1 amide bonds. The van der Waals surface area contributed by atoms with Crippen molar-refractivity contribution in [2.24, 2.45) is 0 Å². The van der Waals surface area contributed by atoms with Gasteiger partial charge in [-0.05, 0) is 56.7 Å². The zero-order chi connectivity index (χ0) is 27.0. The number of carbonyl (C=O) groups is 1. The molecule has 0 bridgehead atoms. The fraction of sp³-hybridized carbons (Fsp3) is 0.333. The van der Waals surface area contributed by atoms with Crippen molar-refractivity contribution < 1.29 is 18.3 Å². The van der Waals surface area contributed by atoms with Gasteiger partial charge < -0.3 is 9.64 Å². The summed E-state index contributed by atoms with van der Waals surface area (Å²) in [5.41, 5.74) is 1.99. The first-order chi connectivity index (χ1) is 18.1. The van der Waals surface area contributed by atoms with Crippen molar-refractivity contribution in [1.82, 2.24) is 24.9 Å². The summed E-state index contributed by atoms with van der Waals surface area (Å²) in [5.74, 6) is -1.50. The molecule has 198 valence electrons. The Balaban J connectivity index is 1.35. The van der Waals surface area contributed by atoms with Gasteiger partial charge in [0.25, 0.3) is 0 Å². The maximum atomic E-state index is 14.3. The molecule has 1 atom stereocenters. The van der Waals surface area contributed by atoms with Gasteiger partial charge in [-0.15, -0.1) is 16.4 Å². The second kappa shape index (κ2) is 10.6. The third-order valence-electron chi connectivity index (χ3n) is 6.74. The van der Waals surface area contributed by atoms with Gasteiger partial charge in [0.2, 0.25) is 5.91 Å². The molecule has 1 saturated heterocycles. The van der Waals surface area contributed by atoms with Crippen molar-refractivity contribution in [2.45, 2.75) is 38.6 Å². The SMILES string of the molecule is Cc1cc(-n2cc(CC3COCCN3C(=O)C(C)(C)c3csc(-c4c(F)cccc4F)n3)nn2)ccc1Br. The zero-order valence-corrected chi connectivity index (χ0v) is 23.5. The summed E-state index contributed by atoms with van der Waals surface area (Å²) in [4.78, 5) is 20.1. The molecule has 1 aliphatic rings. The quantitative estimate of drug-likeness (QED) is 0.292. The van der Waals surface area contributed by atoms with Crippen molar-refractivity contribution >= 4 is 33.2 Å². The van der Waals surface area contributed by atoms with E-state index in [1.165, 1.54) is 18.2 Å². The number of hydrogen-bond acceptors (Lipinski definition) is 6. The Morgan fingerprint density at radius 1 is 1.24 bits per heavy atom. The molecule has 0 saturated carbocycles. The Hall–Kier alpha value is -3.02. The van der Waals surface area contributed by atoms with Crippen LogP contribution in [0.5, 0.6) is 0 Å². The Morgan fingerprint density at radius 3 is 2.74 bits per heavy atom. The van der Waals surface area contributed by atoms with Crippen molar-refractivity contribution in [2.75, 3.05) is 19.8 Å². The molecule has 1 unspecified atom stereocenters. The molecule has 7 nitrogen and oxygen atoms in total. The average molecular weight is 603 g/mol. The Kier molecular flexibility index (Phi) is 7.43. The number of benzene rings is 2. The molecule has 1 aliphatic heterocycles. The highest BCUT2D eigenvalue weighted by molar-refractivity contribution is 9.10. The molecule has 0 radical (unpaired) electrons. The van der Waals surface area contributed by atoms with Crippen molar-refractivity contribution in [1.29, 1.82) is 0 Å². The third-order valence-corrected chi connectivity index (χ3v) is 8.49. The first-order valence-corrected chi connectivity index (χ1v) is 13.8. The summed E-state index contributed by atoms with van der Waals surface area (Å²) in [7, 11) is 0. The largest absolute Gasteiger partial charge is 0.377 e. The molecule has 4 aromatic rings. The van der Waals surface area contributed by atoms with Crippen LogP contribution in [-0.4, -0.2) is 56.6 Å². The lowest BCUT2D eigenvalue weighted by molar-refractivity contribution is -0.145. The standard InChI is InChI=1S/C27H26BrF2N5O2S/c1-16-11-18(7-8-20(16)28)35-13-17(32-33-35)12-19-14-37-10-9-34(19)26(36)27(2,3)23-15-38-25(31-23)24-21(29)5-4-6-22(24)30/h4-8,11,13,15,19H,9-10,12,14H2,1-3H3. The van der Waals surface area contributed by atoms with E-state index in [9.17, 15) is 13.6 Å². The Bertz CT molecular complexity index is 1470.